The molecule has 1 unspecified atom stereocenters. The first-order valence-electron chi connectivity index (χ1n) is 11.1. The van der Waals surface area contributed by atoms with Crippen molar-refractivity contribution in [2.45, 2.75) is 32.4 Å². The molecule has 0 fully saturated rings. The highest BCUT2D eigenvalue weighted by Gasteiger charge is 2.19. The van der Waals surface area contributed by atoms with Crippen LogP contribution in [0.5, 0.6) is 5.75 Å². The lowest BCUT2D eigenvalue weighted by Gasteiger charge is -2.20. The minimum atomic E-state index is -2.95. The van der Waals surface area contributed by atoms with Gasteiger partial charge in [0.05, 0.1) is 12.5 Å². The predicted octanol–water partition coefficient (Wildman–Crippen LogP) is 6.10. The zero-order chi connectivity index (χ0) is 24.8. The van der Waals surface area contributed by atoms with Crippen LogP contribution in [0, 0.1) is 0 Å². The molecule has 1 heterocycles. The molecule has 0 saturated heterocycles. The number of anilines is 1. The third kappa shape index (κ3) is 6.03. The van der Waals surface area contributed by atoms with Crippen molar-refractivity contribution in [2.75, 3.05) is 5.32 Å². The molecule has 0 aliphatic carbocycles. The Kier molecular flexibility index (Phi) is 7.40. The molecular formula is C27H24F2N2O4. The molecule has 6 nitrogen and oxygen atoms in total. The highest BCUT2D eigenvalue weighted by molar-refractivity contribution is 6.04. The van der Waals surface area contributed by atoms with Crippen LogP contribution in [-0.4, -0.2) is 18.4 Å². The van der Waals surface area contributed by atoms with E-state index in [-0.39, 0.29) is 29.7 Å². The van der Waals surface area contributed by atoms with Crippen LogP contribution in [0.15, 0.2) is 83.3 Å². The van der Waals surface area contributed by atoms with Gasteiger partial charge in [-0.25, -0.2) is 0 Å². The monoisotopic (exact) mass is 478 g/mol. The number of hydrogen-bond donors (Lipinski definition) is 2. The van der Waals surface area contributed by atoms with Gasteiger partial charge in [-0.15, -0.1) is 0 Å². The average molecular weight is 478 g/mol. The summed E-state index contributed by atoms with van der Waals surface area (Å²) in [5.41, 5.74) is 2.42. The van der Waals surface area contributed by atoms with E-state index in [1.165, 1.54) is 6.07 Å². The van der Waals surface area contributed by atoms with Gasteiger partial charge in [-0.3, -0.25) is 9.59 Å². The third-order valence-corrected chi connectivity index (χ3v) is 5.48. The van der Waals surface area contributed by atoms with Crippen molar-refractivity contribution in [1.82, 2.24) is 5.32 Å². The molecule has 0 spiro atoms. The van der Waals surface area contributed by atoms with Gasteiger partial charge >= 0.3 is 6.61 Å². The molecule has 2 N–H and O–H groups in total. The number of fused-ring (bicyclic) bond motifs is 1. The number of rotatable bonds is 9. The first-order chi connectivity index (χ1) is 16.9. The van der Waals surface area contributed by atoms with Crippen LogP contribution in [0.1, 0.15) is 41.1 Å². The molecule has 0 aliphatic rings. The van der Waals surface area contributed by atoms with E-state index in [1.807, 2.05) is 25.1 Å². The molecule has 1 aromatic heterocycles. The Balaban J connectivity index is 1.36. The van der Waals surface area contributed by atoms with E-state index in [0.29, 0.717) is 23.3 Å². The number of alkyl halides is 2. The maximum Gasteiger partial charge on any atom is 0.387 e. The molecule has 2 amide bonds. The second kappa shape index (κ2) is 10.8. The molecule has 0 saturated carbocycles. The van der Waals surface area contributed by atoms with E-state index < -0.39 is 12.7 Å². The number of amides is 2. The molecule has 0 aliphatic heterocycles. The predicted molar refractivity (Wildman–Crippen MR) is 129 cm³/mol. The van der Waals surface area contributed by atoms with Crippen LogP contribution >= 0.6 is 0 Å². The van der Waals surface area contributed by atoms with Crippen LogP contribution < -0.4 is 15.4 Å². The van der Waals surface area contributed by atoms with Crippen molar-refractivity contribution in [1.29, 1.82) is 0 Å². The fourth-order valence-electron chi connectivity index (χ4n) is 3.79. The Bertz CT molecular complexity index is 1290. The SMILES string of the molecule is CCC(NC(=O)Cc1ccc(NC(=O)c2cc3ccccc3o2)cc1)c1ccccc1OC(F)F. The van der Waals surface area contributed by atoms with E-state index in [0.717, 1.165) is 10.9 Å². The van der Waals surface area contributed by atoms with Crippen molar-refractivity contribution in [3.8, 4) is 5.75 Å². The van der Waals surface area contributed by atoms with Crippen molar-refractivity contribution in [3.63, 3.8) is 0 Å². The van der Waals surface area contributed by atoms with Crippen LogP contribution in [0.2, 0.25) is 0 Å². The first kappa shape index (κ1) is 23.9. The van der Waals surface area contributed by atoms with Crippen LogP contribution in [0.25, 0.3) is 11.0 Å². The molecular weight excluding hydrogens is 454 g/mol. The van der Waals surface area contributed by atoms with Crippen molar-refractivity contribution < 1.29 is 27.5 Å². The average Bonchev–Trinajstić information content (AvgIpc) is 3.29. The molecule has 0 radical (unpaired) electrons. The quantitative estimate of drug-likeness (QED) is 0.305. The molecule has 4 aromatic rings. The summed E-state index contributed by atoms with van der Waals surface area (Å²) in [7, 11) is 0. The lowest BCUT2D eigenvalue weighted by atomic mass is 10.0. The van der Waals surface area contributed by atoms with E-state index in [4.69, 9.17) is 4.42 Å². The topological polar surface area (TPSA) is 80.6 Å². The lowest BCUT2D eigenvalue weighted by Crippen LogP contribution is -2.30. The molecule has 0 bridgehead atoms. The highest BCUT2D eigenvalue weighted by Crippen LogP contribution is 2.28. The van der Waals surface area contributed by atoms with Gasteiger partial charge in [0, 0.05) is 16.6 Å². The third-order valence-electron chi connectivity index (χ3n) is 5.48. The summed E-state index contributed by atoms with van der Waals surface area (Å²) in [6.07, 6.45) is 0.592. The summed E-state index contributed by atoms with van der Waals surface area (Å²) in [6, 6.07) is 21.9. The van der Waals surface area contributed by atoms with Gasteiger partial charge in [0.25, 0.3) is 5.91 Å². The Hall–Kier alpha value is -4.20. The van der Waals surface area contributed by atoms with Gasteiger partial charge in [-0.1, -0.05) is 55.5 Å². The van der Waals surface area contributed by atoms with Crippen LogP contribution in [0.4, 0.5) is 14.5 Å². The zero-order valence-corrected chi connectivity index (χ0v) is 19.0. The number of benzene rings is 3. The second-order valence-corrected chi connectivity index (χ2v) is 7.92. The number of nitrogens with one attached hydrogen (secondary N) is 2. The Morgan fingerprint density at radius 1 is 0.971 bits per heavy atom. The Morgan fingerprint density at radius 2 is 1.69 bits per heavy atom. The summed E-state index contributed by atoms with van der Waals surface area (Å²) in [5, 5.41) is 6.50. The molecule has 35 heavy (non-hydrogen) atoms. The molecule has 4 rings (SSSR count). The van der Waals surface area contributed by atoms with Crippen LogP contribution in [-0.2, 0) is 11.2 Å². The van der Waals surface area contributed by atoms with E-state index in [1.54, 1.807) is 54.6 Å². The maximum absolute atomic E-state index is 12.7. The first-order valence-corrected chi connectivity index (χ1v) is 11.1. The van der Waals surface area contributed by atoms with Gasteiger partial charge in [-0.2, -0.15) is 8.78 Å². The summed E-state index contributed by atoms with van der Waals surface area (Å²) in [5.74, 6) is -0.388. The molecule has 180 valence electrons. The van der Waals surface area contributed by atoms with Crippen molar-refractivity contribution in [3.05, 3.63) is 95.7 Å². The standard InChI is InChI=1S/C27H24F2N2O4/c1-2-21(20-8-4-6-10-23(20)35-27(28)29)31-25(32)15-17-11-13-19(14-12-17)30-26(33)24-16-18-7-3-5-9-22(18)34-24/h3-14,16,21,27H,2,15H2,1H3,(H,30,33)(H,31,32). The number of carbonyl (C=O) groups is 2. The summed E-state index contributed by atoms with van der Waals surface area (Å²) in [4.78, 5) is 25.1. The highest BCUT2D eigenvalue weighted by atomic mass is 19.3. The largest absolute Gasteiger partial charge is 0.451 e. The smallest absolute Gasteiger partial charge is 0.387 e. The van der Waals surface area contributed by atoms with Crippen molar-refractivity contribution >= 4 is 28.5 Å². The zero-order valence-electron chi connectivity index (χ0n) is 19.0. The number of hydrogen-bond acceptors (Lipinski definition) is 4. The van der Waals surface area contributed by atoms with E-state index >= 15 is 0 Å². The minimum absolute atomic E-state index is 0.0409. The van der Waals surface area contributed by atoms with Gasteiger partial charge in [0.1, 0.15) is 11.3 Å². The summed E-state index contributed by atoms with van der Waals surface area (Å²) in [6.45, 7) is -1.10. The Morgan fingerprint density at radius 3 is 2.40 bits per heavy atom. The Labute approximate surface area is 200 Å². The summed E-state index contributed by atoms with van der Waals surface area (Å²) >= 11 is 0. The van der Waals surface area contributed by atoms with Gasteiger partial charge in [0.2, 0.25) is 5.91 Å². The van der Waals surface area contributed by atoms with Gasteiger partial charge in [-0.05, 0) is 42.3 Å². The summed E-state index contributed by atoms with van der Waals surface area (Å²) < 4.78 is 35.6. The minimum Gasteiger partial charge on any atom is -0.451 e. The fourth-order valence-corrected chi connectivity index (χ4v) is 3.79. The number of carbonyl (C=O) groups excluding carboxylic acids is 2. The maximum atomic E-state index is 12.7. The number of ether oxygens (including phenoxy) is 1. The number of furan rings is 1. The molecule has 1 atom stereocenters. The van der Waals surface area contributed by atoms with Gasteiger partial charge in [0.15, 0.2) is 5.76 Å². The lowest BCUT2D eigenvalue weighted by molar-refractivity contribution is -0.121. The van der Waals surface area contributed by atoms with E-state index in [9.17, 15) is 18.4 Å². The fraction of sp³-hybridized carbons (Fsp3) is 0.185. The molecule has 8 heteroatoms. The molecule has 3 aromatic carbocycles. The number of para-hydroxylation sites is 2. The van der Waals surface area contributed by atoms with Gasteiger partial charge < -0.3 is 19.8 Å². The van der Waals surface area contributed by atoms with E-state index in [2.05, 4.69) is 15.4 Å². The second-order valence-electron chi connectivity index (χ2n) is 7.92. The normalized spacial score (nSPS) is 11.9. The van der Waals surface area contributed by atoms with Crippen LogP contribution in [0.3, 0.4) is 0 Å². The number of halogens is 2. The van der Waals surface area contributed by atoms with Crippen molar-refractivity contribution in [2.24, 2.45) is 0 Å².